The van der Waals surface area contributed by atoms with Crippen LogP contribution in [0.1, 0.15) is 18.4 Å². The predicted octanol–water partition coefficient (Wildman–Crippen LogP) is 2.62. The lowest BCUT2D eigenvalue weighted by Crippen LogP contribution is -2.52. The zero-order valence-electron chi connectivity index (χ0n) is 15.1. The van der Waals surface area contributed by atoms with Crippen LogP contribution in [-0.4, -0.2) is 67.0 Å². The first-order chi connectivity index (χ1) is 13.2. The first kappa shape index (κ1) is 20.9. The lowest BCUT2D eigenvalue weighted by Gasteiger charge is -2.35. The van der Waals surface area contributed by atoms with Gasteiger partial charge in [0.1, 0.15) is 6.10 Å². The van der Waals surface area contributed by atoms with Crippen molar-refractivity contribution in [1.29, 1.82) is 0 Å². The van der Waals surface area contributed by atoms with Gasteiger partial charge in [0.05, 0.1) is 17.8 Å². The van der Waals surface area contributed by atoms with Crippen LogP contribution in [-0.2, 0) is 20.5 Å². The minimum Gasteiger partial charge on any atom is -0.368 e. The molecule has 2 aliphatic rings. The smallest absolute Gasteiger partial charge is 0.368 e. The van der Waals surface area contributed by atoms with E-state index < -0.39 is 17.6 Å². The fourth-order valence-corrected chi connectivity index (χ4v) is 3.53. The molecule has 1 atom stereocenters. The van der Waals surface area contributed by atoms with Gasteiger partial charge in [-0.05, 0) is 31.0 Å². The van der Waals surface area contributed by atoms with E-state index in [2.05, 4.69) is 5.32 Å². The van der Waals surface area contributed by atoms with E-state index in [4.69, 9.17) is 16.3 Å². The molecule has 6 nitrogen and oxygen atoms in total. The Labute approximate surface area is 165 Å². The molecule has 0 unspecified atom stereocenters. The van der Waals surface area contributed by atoms with Crippen LogP contribution in [0.2, 0.25) is 5.02 Å². The Morgan fingerprint density at radius 3 is 2.54 bits per heavy atom. The zero-order valence-corrected chi connectivity index (χ0v) is 15.9. The number of benzene rings is 1. The number of hydrogen-bond donors (Lipinski definition) is 1. The van der Waals surface area contributed by atoms with Crippen molar-refractivity contribution < 1.29 is 27.5 Å². The molecule has 0 spiro atoms. The molecule has 1 aromatic rings. The Hall–Kier alpha value is -1.84. The zero-order chi connectivity index (χ0) is 20.3. The van der Waals surface area contributed by atoms with Crippen molar-refractivity contribution in [3.05, 3.63) is 28.8 Å². The van der Waals surface area contributed by atoms with E-state index in [9.17, 15) is 22.8 Å². The molecule has 0 radical (unpaired) electrons. The van der Waals surface area contributed by atoms with E-state index in [1.54, 1.807) is 9.80 Å². The van der Waals surface area contributed by atoms with Crippen molar-refractivity contribution in [2.45, 2.75) is 25.1 Å². The molecular weight excluding hydrogens is 399 g/mol. The summed E-state index contributed by atoms with van der Waals surface area (Å²) in [5, 5.41) is 2.25. The van der Waals surface area contributed by atoms with Crippen molar-refractivity contribution in [3.8, 4) is 0 Å². The summed E-state index contributed by atoms with van der Waals surface area (Å²) in [7, 11) is 0. The molecule has 3 rings (SSSR count). The highest BCUT2D eigenvalue weighted by molar-refractivity contribution is 6.30. The monoisotopic (exact) mass is 419 g/mol. The summed E-state index contributed by atoms with van der Waals surface area (Å²) in [5.74, 6) is -0.579. The van der Waals surface area contributed by atoms with Gasteiger partial charge in [0.15, 0.2) is 0 Å². The van der Waals surface area contributed by atoms with E-state index in [0.717, 1.165) is 25.0 Å². The van der Waals surface area contributed by atoms with Crippen LogP contribution in [0.25, 0.3) is 0 Å². The fourth-order valence-electron chi connectivity index (χ4n) is 3.36. The summed E-state index contributed by atoms with van der Waals surface area (Å²) >= 11 is 5.64. The molecule has 10 heteroatoms. The van der Waals surface area contributed by atoms with Gasteiger partial charge in [0.2, 0.25) is 5.91 Å². The molecule has 0 aliphatic carbocycles. The number of carbonyl (C=O) groups excluding carboxylic acids is 2. The minimum atomic E-state index is -4.62. The van der Waals surface area contributed by atoms with Gasteiger partial charge in [-0.3, -0.25) is 14.5 Å². The second-order valence-electron chi connectivity index (χ2n) is 6.84. The highest BCUT2D eigenvalue weighted by Gasteiger charge is 2.34. The number of nitrogens with zero attached hydrogens (tertiary/aromatic N) is 2. The van der Waals surface area contributed by atoms with E-state index in [1.165, 1.54) is 6.07 Å². The van der Waals surface area contributed by atoms with E-state index in [0.29, 0.717) is 32.8 Å². The van der Waals surface area contributed by atoms with Gasteiger partial charge in [-0.1, -0.05) is 11.6 Å². The lowest BCUT2D eigenvalue weighted by atomic mass is 10.1. The number of halogens is 4. The quantitative estimate of drug-likeness (QED) is 0.815. The molecular formula is C18H21ClF3N3O3. The average Bonchev–Trinajstić information content (AvgIpc) is 3.17. The number of ether oxygens (including phenoxy) is 1. The van der Waals surface area contributed by atoms with Gasteiger partial charge in [-0.25, -0.2) is 0 Å². The maximum absolute atomic E-state index is 13.1. The number of piperazine rings is 1. The van der Waals surface area contributed by atoms with Crippen LogP contribution in [0.5, 0.6) is 0 Å². The third-order valence-corrected chi connectivity index (χ3v) is 5.05. The Morgan fingerprint density at radius 2 is 1.93 bits per heavy atom. The van der Waals surface area contributed by atoms with Crippen LogP contribution in [0.4, 0.5) is 18.9 Å². The van der Waals surface area contributed by atoms with Crippen LogP contribution < -0.4 is 5.32 Å². The van der Waals surface area contributed by atoms with E-state index in [1.807, 2.05) is 0 Å². The van der Waals surface area contributed by atoms with Crippen LogP contribution >= 0.6 is 11.6 Å². The predicted molar refractivity (Wildman–Crippen MR) is 97.1 cm³/mol. The molecule has 2 amide bonds. The molecule has 2 saturated heterocycles. The Kier molecular flexibility index (Phi) is 6.47. The van der Waals surface area contributed by atoms with Gasteiger partial charge in [0.25, 0.3) is 5.91 Å². The van der Waals surface area contributed by atoms with Gasteiger partial charge < -0.3 is 15.0 Å². The maximum atomic E-state index is 13.1. The lowest BCUT2D eigenvalue weighted by molar-refractivity contribution is -0.142. The second kappa shape index (κ2) is 8.67. The molecule has 28 heavy (non-hydrogen) atoms. The summed E-state index contributed by atoms with van der Waals surface area (Å²) in [6.45, 7) is 2.40. The topological polar surface area (TPSA) is 61.9 Å². The van der Waals surface area contributed by atoms with Crippen LogP contribution in [0.15, 0.2) is 18.2 Å². The maximum Gasteiger partial charge on any atom is 0.418 e. The van der Waals surface area contributed by atoms with Crippen LogP contribution in [0, 0.1) is 0 Å². The molecule has 2 aliphatic heterocycles. The van der Waals surface area contributed by atoms with E-state index >= 15 is 0 Å². The number of alkyl halides is 3. The summed E-state index contributed by atoms with van der Waals surface area (Å²) in [6, 6.07) is 3.22. The van der Waals surface area contributed by atoms with Crippen LogP contribution in [0.3, 0.4) is 0 Å². The number of nitrogens with one attached hydrogen (secondary N) is 1. The third-order valence-electron chi connectivity index (χ3n) is 4.82. The standard InChI is InChI=1S/C18H21ClF3N3O3/c19-12-3-4-14(13(10-12)18(20,21)22)23-16(26)11-24-5-7-25(8-6-24)17(27)15-2-1-9-28-15/h3-4,10,15H,1-2,5-9,11H2,(H,23,26)/t15-/m0/s1. The second-order valence-corrected chi connectivity index (χ2v) is 7.28. The number of hydrogen-bond acceptors (Lipinski definition) is 4. The highest BCUT2D eigenvalue weighted by Crippen LogP contribution is 2.36. The molecule has 1 aromatic carbocycles. The van der Waals surface area contributed by atoms with Gasteiger partial charge in [-0.2, -0.15) is 13.2 Å². The van der Waals surface area contributed by atoms with Crippen molar-refractivity contribution >= 4 is 29.1 Å². The SMILES string of the molecule is O=C(CN1CCN(C(=O)[C@@H]2CCCO2)CC1)Nc1ccc(Cl)cc1C(F)(F)F. The van der Waals surface area contributed by atoms with Crippen molar-refractivity contribution in [3.63, 3.8) is 0 Å². The first-order valence-electron chi connectivity index (χ1n) is 9.03. The summed E-state index contributed by atoms with van der Waals surface area (Å²) in [6.07, 6.45) is -3.40. The number of anilines is 1. The number of carbonyl (C=O) groups is 2. The molecule has 154 valence electrons. The third kappa shape index (κ3) is 5.15. The van der Waals surface area contributed by atoms with Gasteiger partial charge in [-0.15, -0.1) is 0 Å². The molecule has 1 N–H and O–H groups in total. The fraction of sp³-hybridized carbons (Fsp3) is 0.556. The van der Waals surface area contributed by atoms with Crippen molar-refractivity contribution in [2.75, 3.05) is 44.6 Å². The average molecular weight is 420 g/mol. The molecule has 2 heterocycles. The summed E-state index contributed by atoms with van der Waals surface area (Å²) < 4.78 is 44.8. The first-order valence-corrected chi connectivity index (χ1v) is 9.41. The Bertz CT molecular complexity index is 731. The Balaban J connectivity index is 1.52. The van der Waals surface area contributed by atoms with Crippen molar-refractivity contribution in [1.82, 2.24) is 9.80 Å². The van der Waals surface area contributed by atoms with Gasteiger partial charge in [0, 0.05) is 37.8 Å². The molecule has 0 bridgehead atoms. The summed E-state index contributed by atoms with van der Waals surface area (Å²) in [5.41, 5.74) is -1.31. The number of amides is 2. The molecule has 2 fully saturated rings. The molecule has 0 saturated carbocycles. The Morgan fingerprint density at radius 1 is 1.21 bits per heavy atom. The minimum absolute atomic E-state index is 0.0300. The van der Waals surface area contributed by atoms with E-state index in [-0.39, 0.29) is 29.3 Å². The summed E-state index contributed by atoms with van der Waals surface area (Å²) in [4.78, 5) is 28.0. The van der Waals surface area contributed by atoms with Gasteiger partial charge >= 0.3 is 6.18 Å². The largest absolute Gasteiger partial charge is 0.418 e. The normalized spacial score (nSPS) is 21.0. The highest BCUT2D eigenvalue weighted by atomic mass is 35.5. The number of rotatable bonds is 4. The van der Waals surface area contributed by atoms with Crippen molar-refractivity contribution in [2.24, 2.45) is 0 Å². The molecule has 0 aromatic heterocycles.